The first kappa shape index (κ1) is 14.4. The third kappa shape index (κ3) is 3.22. The van der Waals surface area contributed by atoms with Crippen molar-refractivity contribution < 1.29 is 0 Å². The molecule has 0 atom stereocenters. The van der Waals surface area contributed by atoms with Crippen molar-refractivity contribution in [2.45, 2.75) is 26.2 Å². The van der Waals surface area contributed by atoms with Crippen LogP contribution in [0.5, 0.6) is 0 Å². The van der Waals surface area contributed by atoms with Gasteiger partial charge in [-0.1, -0.05) is 20.8 Å². The molecule has 0 aliphatic rings. The SMILES string of the molecule is CC(C)(C)c1nc(Br)cc(Nc2ccc3ncsc3c2)n1. The van der Waals surface area contributed by atoms with Gasteiger partial charge in [0.1, 0.15) is 16.2 Å². The van der Waals surface area contributed by atoms with Crippen molar-refractivity contribution in [3.05, 3.63) is 40.2 Å². The summed E-state index contributed by atoms with van der Waals surface area (Å²) in [7, 11) is 0. The summed E-state index contributed by atoms with van der Waals surface area (Å²) in [4.78, 5) is 13.3. The molecule has 6 heteroatoms. The number of hydrogen-bond donors (Lipinski definition) is 1. The summed E-state index contributed by atoms with van der Waals surface area (Å²) in [5.74, 6) is 1.59. The van der Waals surface area contributed by atoms with Crippen molar-refractivity contribution in [2.24, 2.45) is 0 Å². The maximum atomic E-state index is 4.60. The van der Waals surface area contributed by atoms with Gasteiger partial charge in [-0.2, -0.15) is 0 Å². The molecule has 2 heterocycles. The van der Waals surface area contributed by atoms with Crippen LogP contribution in [0.4, 0.5) is 11.5 Å². The minimum atomic E-state index is -0.0954. The van der Waals surface area contributed by atoms with Crippen molar-refractivity contribution in [3.8, 4) is 0 Å². The summed E-state index contributed by atoms with van der Waals surface area (Å²) in [6.45, 7) is 6.30. The van der Waals surface area contributed by atoms with E-state index in [9.17, 15) is 0 Å². The summed E-state index contributed by atoms with van der Waals surface area (Å²) in [6.07, 6.45) is 0. The van der Waals surface area contributed by atoms with Crippen molar-refractivity contribution in [1.29, 1.82) is 0 Å². The van der Waals surface area contributed by atoms with Gasteiger partial charge in [0.15, 0.2) is 0 Å². The zero-order valence-corrected chi connectivity index (χ0v) is 14.4. The number of nitrogens with one attached hydrogen (secondary N) is 1. The monoisotopic (exact) mass is 362 g/mol. The summed E-state index contributed by atoms with van der Waals surface area (Å²) < 4.78 is 1.94. The van der Waals surface area contributed by atoms with Crippen molar-refractivity contribution >= 4 is 49.0 Å². The number of benzene rings is 1. The lowest BCUT2D eigenvalue weighted by Gasteiger charge is -2.18. The standard InChI is InChI=1S/C15H15BrN4S/c1-15(2,3)14-19-12(16)7-13(20-14)18-9-4-5-10-11(6-9)21-8-17-10/h4-8H,1-3H3,(H,18,19,20). The van der Waals surface area contributed by atoms with Gasteiger partial charge >= 0.3 is 0 Å². The molecule has 0 fully saturated rings. The Morgan fingerprint density at radius 1 is 1.14 bits per heavy atom. The molecule has 21 heavy (non-hydrogen) atoms. The Hall–Kier alpha value is -1.53. The summed E-state index contributed by atoms with van der Waals surface area (Å²) >= 11 is 5.08. The Bertz CT molecular complexity index is 792. The molecule has 2 aromatic heterocycles. The van der Waals surface area contributed by atoms with Gasteiger partial charge in [0, 0.05) is 17.2 Å². The normalized spacial score (nSPS) is 11.8. The van der Waals surface area contributed by atoms with Gasteiger partial charge in [0.2, 0.25) is 0 Å². The van der Waals surface area contributed by atoms with E-state index in [2.05, 4.69) is 63.0 Å². The van der Waals surface area contributed by atoms with Crippen LogP contribution < -0.4 is 5.32 Å². The smallest absolute Gasteiger partial charge is 0.137 e. The first-order chi connectivity index (χ1) is 9.91. The Labute approximate surface area is 135 Å². The van der Waals surface area contributed by atoms with Gasteiger partial charge in [-0.05, 0) is 34.1 Å². The molecule has 0 unspecified atom stereocenters. The lowest BCUT2D eigenvalue weighted by Crippen LogP contribution is -2.16. The lowest BCUT2D eigenvalue weighted by molar-refractivity contribution is 0.544. The molecule has 0 amide bonds. The highest BCUT2D eigenvalue weighted by Gasteiger charge is 2.18. The van der Waals surface area contributed by atoms with Gasteiger partial charge < -0.3 is 5.32 Å². The topological polar surface area (TPSA) is 50.7 Å². The van der Waals surface area contributed by atoms with Crippen LogP contribution in [-0.4, -0.2) is 15.0 Å². The summed E-state index contributed by atoms with van der Waals surface area (Å²) in [5, 5.41) is 3.34. The predicted molar refractivity (Wildman–Crippen MR) is 91.3 cm³/mol. The van der Waals surface area contributed by atoms with Crippen LogP contribution in [0, 0.1) is 0 Å². The molecule has 108 valence electrons. The number of hydrogen-bond acceptors (Lipinski definition) is 5. The van der Waals surface area contributed by atoms with Crippen molar-refractivity contribution in [3.63, 3.8) is 0 Å². The number of aromatic nitrogens is 3. The molecular formula is C15H15BrN4S. The maximum Gasteiger partial charge on any atom is 0.137 e. The van der Waals surface area contributed by atoms with Crippen LogP contribution in [0.3, 0.4) is 0 Å². The van der Waals surface area contributed by atoms with Gasteiger partial charge in [0.05, 0.1) is 15.7 Å². The number of fused-ring (bicyclic) bond motifs is 1. The highest BCUT2D eigenvalue weighted by atomic mass is 79.9. The zero-order chi connectivity index (χ0) is 15.0. The highest BCUT2D eigenvalue weighted by molar-refractivity contribution is 9.10. The highest BCUT2D eigenvalue weighted by Crippen LogP contribution is 2.26. The fourth-order valence-corrected chi connectivity index (χ4v) is 3.00. The van der Waals surface area contributed by atoms with Crippen LogP contribution in [0.1, 0.15) is 26.6 Å². The summed E-state index contributed by atoms with van der Waals surface area (Å²) in [6, 6.07) is 7.98. The molecule has 1 N–H and O–H groups in total. The molecule has 0 saturated heterocycles. The van der Waals surface area contributed by atoms with E-state index in [0.29, 0.717) is 0 Å². The van der Waals surface area contributed by atoms with E-state index in [-0.39, 0.29) is 5.41 Å². The number of nitrogens with zero attached hydrogens (tertiary/aromatic N) is 3. The fourth-order valence-electron chi connectivity index (χ4n) is 1.90. The van der Waals surface area contributed by atoms with Crippen LogP contribution in [-0.2, 0) is 5.41 Å². The van der Waals surface area contributed by atoms with Crippen molar-refractivity contribution in [1.82, 2.24) is 15.0 Å². The van der Waals surface area contributed by atoms with E-state index in [1.54, 1.807) is 11.3 Å². The van der Waals surface area contributed by atoms with Gasteiger partial charge in [0.25, 0.3) is 0 Å². The first-order valence-electron chi connectivity index (χ1n) is 6.57. The second-order valence-corrected chi connectivity index (χ2v) is 7.51. The van der Waals surface area contributed by atoms with Crippen LogP contribution in [0.25, 0.3) is 10.2 Å². The van der Waals surface area contributed by atoms with Gasteiger partial charge in [-0.25, -0.2) is 15.0 Å². The molecule has 3 aromatic rings. The third-order valence-electron chi connectivity index (χ3n) is 2.97. The molecule has 0 radical (unpaired) electrons. The Kier molecular flexibility index (Phi) is 3.67. The molecule has 4 nitrogen and oxygen atoms in total. The first-order valence-corrected chi connectivity index (χ1v) is 8.24. The van der Waals surface area contributed by atoms with Gasteiger partial charge in [-0.15, -0.1) is 11.3 Å². The molecule has 3 rings (SSSR count). The second kappa shape index (κ2) is 5.35. The van der Waals surface area contributed by atoms with E-state index in [1.165, 1.54) is 0 Å². The number of halogens is 1. The Balaban J connectivity index is 1.95. The van der Waals surface area contributed by atoms with Crippen LogP contribution in [0.15, 0.2) is 34.4 Å². The van der Waals surface area contributed by atoms with Crippen molar-refractivity contribution in [2.75, 3.05) is 5.32 Å². The molecule has 0 aliphatic carbocycles. The molecule has 0 spiro atoms. The average Bonchev–Trinajstić information content (AvgIpc) is 2.84. The van der Waals surface area contributed by atoms with E-state index in [4.69, 9.17) is 0 Å². The summed E-state index contributed by atoms with van der Waals surface area (Å²) in [5.41, 5.74) is 3.77. The van der Waals surface area contributed by atoms with Crippen LogP contribution in [0.2, 0.25) is 0 Å². The average molecular weight is 363 g/mol. The van der Waals surface area contributed by atoms with E-state index in [1.807, 2.05) is 23.7 Å². The van der Waals surface area contributed by atoms with Gasteiger partial charge in [-0.3, -0.25) is 0 Å². The predicted octanol–water partition coefficient (Wildman–Crippen LogP) is 4.89. The van der Waals surface area contributed by atoms with E-state index >= 15 is 0 Å². The third-order valence-corrected chi connectivity index (χ3v) is 4.17. The lowest BCUT2D eigenvalue weighted by atomic mass is 9.96. The zero-order valence-electron chi connectivity index (χ0n) is 12.0. The van der Waals surface area contributed by atoms with E-state index in [0.717, 1.165) is 32.1 Å². The molecule has 0 bridgehead atoms. The minimum Gasteiger partial charge on any atom is -0.340 e. The van der Waals surface area contributed by atoms with E-state index < -0.39 is 0 Å². The maximum absolute atomic E-state index is 4.60. The Morgan fingerprint density at radius 3 is 2.71 bits per heavy atom. The van der Waals surface area contributed by atoms with Crippen LogP contribution >= 0.6 is 27.3 Å². The number of anilines is 2. The number of rotatable bonds is 2. The fraction of sp³-hybridized carbons (Fsp3) is 0.267. The largest absolute Gasteiger partial charge is 0.340 e. The second-order valence-electron chi connectivity index (χ2n) is 5.81. The quantitative estimate of drug-likeness (QED) is 0.659. The molecule has 0 saturated carbocycles. The molecule has 0 aliphatic heterocycles. The minimum absolute atomic E-state index is 0.0954. The number of thiazole rings is 1. The Morgan fingerprint density at radius 2 is 1.95 bits per heavy atom. The molecule has 1 aromatic carbocycles. The molecular weight excluding hydrogens is 348 g/mol.